The van der Waals surface area contributed by atoms with Crippen molar-refractivity contribution in [3.05, 3.63) is 0 Å². The van der Waals surface area contributed by atoms with Crippen LogP contribution in [0.5, 0.6) is 0 Å². The Morgan fingerprint density at radius 1 is 0.905 bits per heavy atom. The van der Waals surface area contributed by atoms with Crippen LogP contribution in [0.4, 0.5) is 0 Å². The largest absolute Gasteiger partial charge is 0.403 e. The van der Waals surface area contributed by atoms with Gasteiger partial charge in [0.2, 0.25) is 0 Å². The molecule has 0 aromatic carbocycles. The third kappa shape index (κ3) is 7.04. The fourth-order valence-electron chi connectivity index (χ4n) is 8.85. The molecule has 4 nitrogen and oxygen atoms in total. The predicted molar refractivity (Wildman–Crippen MR) is 177 cm³/mol. The van der Waals surface area contributed by atoms with Gasteiger partial charge in [-0.25, -0.2) is 0 Å². The van der Waals surface area contributed by atoms with Crippen molar-refractivity contribution >= 4 is 8.32 Å². The Hall–Kier alpha value is -0.383. The van der Waals surface area contributed by atoms with Gasteiger partial charge in [-0.05, 0) is 68.5 Å². The van der Waals surface area contributed by atoms with Gasteiger partial charge in [0.1, 0.15) is 6.10 Å². The maximum absolute atomic E-state index is 11.6. The van der Waals surface area contributed by atoms with E-state index in [0.29, 0.717) is 31.0 Å². The van der Waals surface area contributed by atoms with Gasteiger partial charge in [0.15, 0.2) is 14.1 Å². The van der Waals surface area contributed by atoms with Crippen LogP contribution in [0, 0.1) is 40.9 Å². The van der Waals surface area contributed by atoms with Crippen LogP contribution in [-0.4, -0.2) is 44.6 Å². The molecule has 1 N–H and O–H groups in total. The molecule has 5 heteroatoms. The van der Waals surface area contributed by atoms with Gasteiger partial charge in [-0.3, -0.25) is 0 Å². The van der Waals surface area contributed by atoms with Crippen molar-refractivity contribution in [3.8, 4) is 11.8 Å². The molecule has 0 radical (unpaired) electrons. The number of unbranched alkanes of at least 4 members (excludes halogenated alkanes) is 6. The Labute approximate surface area is 260 Å². The van der Waals surface area contributed by atoms with E-state index >= 15 is 0 Å². The van der Waals surface area contributed by atoms with Gasteiger partial charge in [0.05, 0.1) is 25.2 Å². The minimum atomic E-state index is -1.98. The zero-order valence-electron chi connectivity index (χ0n) is 28.6. The second-order valence-corrected chi connectivity index (χ2v) is 20.7. The van der Waals surface area contributed by atoms with E-state index in [4.69, 9.17) is 13.9 Å². The molecule has 1 aliphatic heterocycles. The summed E-state index contributed by atoms with van der Waals surface area (Å²) in [5, 5.41) is 11.8. The Morgan fingerprint density at radius 2 is 1.55 bits per heavy atom. The molecule has 4 rings (SSSR count). The summed E-state index contributed by atoms with van der Waals surface area (Å²) in [6, 6.07) is 0. The summed E-state index contributed by atoms with van der Waals surface area (Å²) in [6.07, 6.45) is 20.1. The number of hydrogen-bond donors (Lipinski definition) is 1. The lowest BCUT2D eigenvalue weighted by Crippen LogP contribution is -2.75. The van der Waals surface area contributed by atoms with E-state index in [0.717, 1.165) is 25.7 Å². The first kappa shape index (κ1) is 34.5. The highest BCUT2D eigenvalue weighted by atomic mass is 28.4. The van der Waals surface area contributed by atoms with Crippen LogP contribution >= 0.6 is 0 Å². The maximum atomic E-state index is 11.6. The summed E-state index contributed by atoms with van der Waals surface area (Å²) < 4.78 is 20.5. The van der Waals surface area contributed by atoms with Crippen LogP contribution in [0.3, 0.4) is 0 Å². The minimum Gasteiger partial charge on any atom is -0.403 e. The molecule has 3 saturated carbocycles. The van der Waals surface area contributed by atoms with Crippen molar-refractivity contribution in [1.29, 1.82) is 0 Å². The van der Waals surface area contributed by atoms with E-state index in [2.05, 4.69) is 59.6 Å². The summed E-state index contributed by atoms with van der Waals surface area (Å²) in [5.41, 5.74) is -0.0220. The van der Waals surface area contributed by atoms with Crippen LogP contribution in [0.15, 0.2) is 0 Å². The average Bonchev–Trinajstić information content (AvgIpc) is 3.48. The highest BCUT2D eigenvalue weighted by molar-refractivity contribution is 6.74. The number of hydrogen-bond acceptors (Lipinski definition) is 4. The first-order chi connectivity index (χ1) is 20.0. The van der Waals surface area contributed by atoms with Gasteiger partial charge in [-0.1, -0.05) is 117 Å². The van der Waals surface area contributed by atoms with Crippen molar-refractivity contribution in [2.24, 2.45) is 29.1 Å². The molecule has 0 aromatic rings. The molecule has 42 heavy (non-hydrogen) atoms. The third-order valence-electron chi connectivity index (χ3n) is 12.2. The molecule has 6 atom stereocenters. The molecule has 4 fully saturated rings. The lowest BCUT2D eigenvalue weighted by atomic mass is 9.39. The Morgan fingerprint density at radius 3 is 2.17 bits per heavy atom. The SMILES string of the molecule is CCCCCCC1[C@@H]2[C@@H](C#C[C@@H](O[Si](C)(C)C(C)(C)C)C3CCCCC3)[C@H](O)CC[C@]2(CCCCCC)C12OCCO2. The number of ether oxygens (including phenoxy) is 2. The van der Waals surface area contributed by atoms with E-state index in [-0.39, 0.29) is 28.6 Å². The van der Waals surface area contributed by atoms with Crippen LogP contribution in [-0.2, 0) is 13.9 Å². The lowest BCUT2D eigenvalue weighted by Gasteiger charge is -2.70. The smallest absolute Gasteiger partial charge is 0.193 e. The second-order valence-electron chi connectivity index (χ2n) is 15.9. The molecule has 4 aliphatic rings. The highest BCUT2D eigenvalue weighted by Crippen LogP contribution is 2.72. The highest BCUT2D eigenvalue weighted by Gasteiger charge is 2.76. The quantitative estimate of drug-likeness (QED) is 0.130. The molecule has 0 amide bonds. The van der Waals surface area contributed by atoms with Crippen LogP contribution < -0.4 is 0 Å². The zero-order chi connectivity index (χ0) is 30.4. The lowest BCUT2D eigenvalue weighted by molar-refractivity contribution is -0.394. The molecule has 0 bridgehead atoms. The van der Waals surface area contributed by atoms with E-state index in [1.165, 1.54) is 83.5 Å². The third-order valence-corrected chi connectivity index (χ3v) is 16.7. The topological polar surface area (TPSA) is 47.9 Å². The number of rotatable bonds is 13. The minimum absolute atomic E-state index is 0.0182. The van der Waals surface area contributed by atoms with E-state index in [1.807, 2.05) is 0 Å². The number of aliphatic hydroxyl groups excluding tert-OH is 1. The van der Waals surface area contributed by atoms with Crippen LogP contribution in [0.25, 0.3) is 0 Å². The van der Waals surface area contributed by atoms with Gasteiger partial charge in [0.25, 0.3) is 0 Å². The molecule has 1 saturated heterocycles. The van der Waals surface area contributed by atoms with Gasteiger partial charge in [0, 0.05) is 11.3 Å². The Kier molecular flexibility index (Phi) is 12.2. The molecule has 3 aliphatic carbocycles. The summed E-state index contributed by atoms with van der Waals surface area (Å²) in [6.45, 7) is 17.7. The average molecular weight is 603 g/mol. The van der Waals surface area contributed by atoms with Crippen molar-refractivity contribution < 1.29 is 19.0 Å². The second kappa shape index (κ2) is 14.8. The monoisotopic (exact) mass is 602 g/mol. The molecular weight excluding hydrogens is 536 g/mol. The van der Waals surface area contributed by atoms with Gasteiger partial charge in [-0.2, -0.15) is 0 Å². The Balaban J connectivity index is 1.66. The van der Waals surface area contributed by atoms with Crippen molar-refractivity contribution in [3.63, 3.8) is 0 Å². The maximum Gasteiger partial charge on any atom is 0.193 e. The van der Waals surface area contributed by atoms with E-state index < -0.39 is 14.1 Å². The van der Waals surface area contributed by atoms with Crippen molar-refractivity contribution in [1.82, 2.24) is 0 Å². The van der Waals surface area contributed by atoms with Gasteiger partial charge >= 0.3 is 0 Å². The first-order valence-electron chi connectivity index (χ1n) is 18.2. The number of aliphatic hydroxyl groups is 1. The fourth-order valence-corrected chi connectivity index (χ4v) is 10.1. The predicted octanol–water partition coefficient (Wildman–Crippen LogP) is 9.65. The standard InChI is InChI=1S/C37H66O4Si/c1-8-10-12-17-21-31-34-30(22-23-33(29-19-15-14-16-20-29)41-42(6,7)35(3,4)5)32(38)24-26-36(34,25-18-13-11-9-2)37(31)39-27-28-40-37/h29-34,38H,8-21,24-28H2,1-7H3/t30-,31?,32+,33+,34-,36-/m0/s1. The summed E-state index contributed by atoms with van der Waals surface area (Å²) in [7, 11) is -1.98. The van der Waals surface area contributed by atoms with Crippen molar-refractivity contribution in [2.75, 3.05) is 13.2 Å². The summed E-state index contributed by atoms with van der Waals surface area (Å²) in [5.74, 6) is 8.32. The van der Waals surface area contributed by atoms with E-state index in [9.17, 15) is 5.11 Å². The molecule has 1 spiro atoms. The normalized spacial score (nSPS) is 32.2. The van der Waals surface area contributed by atoms with Gasteiger partial charge < -0.3 is 19.0 Å². The van der Waals surface area contributed by atoms with Crippen LogP contribution in [0.1, 0.15) is 144 Å². The first-order valence-corrected chi connectivity index (χ1v) is 21.1. The van der Waals surface area contributed by atoms with Gasteiger partial charge in [-0.15, -0.1) is 0 Å². The zero-order valence-corrected chi connectivity index (χ0v) is 29.6. The number of fused-ring (bicyclic) bond motifs is 2. The Bertz CT molecular complexity index is 888. The molecule has 242 valence electrons. The van der Waals surface area contributed by atoms with Crippen LogP contribution in [0.2, 0.25) is 18.1 Å². The fraction of sp³-hybridized carbons (Fsp3) is 0.946. The summed E-state index contributed by atoms with van der Waals surface area (Å²) in [4.78, 5) is 0. The molecule has 1 unspecified atom stereocenters. The molecule has 1 heterocycles. The van der Waals surface area contributed by atoms with E-state index in [1.54, 1.807) is 0 Å². The molecular formula is C37H66O4Si. The van der Waals surface area contributed by atoms with Crippen molar-refractivity contribution in [2.45, 2.75) is 180 Å². The summed E-state index contributed by atoms with van der Waals surface area (Å²) >= 11 is 0. The molecule has 0 aromatic heterocycles.